The average molecular weight is 461 g/mol. The third-order valence-electron chi connectivity index (χ3n) is 6.83. The Morgan fingerprint density at radius 3 is 2.62 bits per heavy atom. The van der Waals surface area contributed by atoms with Crippen LogP contribution in [-0.4, -0.2) is 68.4 Å². The second kappa shape index (κ2) is 7.95. The van der Waals surface area contributed by atoms with E-state index in [0.29, 0.717) is 33.3 Å². The first-order chi connectivity index (χ1) is 15.2. The molecular formula is C23H27ClN3O5+. The maximum Gasteiger partial charge on any atom is 0.295 e. The molecule has 8 nitrogen and oxygen atoms in total. The SMILES string of the molecule is CNC(=O)[C@@H]1C[C@@H](O)C[N+]1(C)C1(c2cc(OC)ccc2OC)C(=O)Nc2ccc(Cl)cc21. The Hall–Kier alpha value is -2.81. The monoisotopic (exact) mass is 460 g/mol. The summed E-state index contributed by atoms with van der Waals surface area (Å²) in [5.41, 5.74) is 0.325. The molecule has 2 aliphatic rings. The largest absolute Gasteiger partial charge is 0.497 e. The lowest BCUT2D eigenvalue weighted by molar-refractivity contribution is -0.953. The van der Waals surface area contributed by atoms with Crippen molar-refractivity contribution in [3.8, 4) is 11.5 Å². The van der Waals surface area contributed by atoms with E-state index in [1.807, 2.05) is 7.05 Å². The van der Waals surface area contributed by atoms with Crippen molar-refractivity contribution >= 4 is 29.1 Å². The first kappa shape index (κ1) is 22.4. The Labute approximate surface area is 191 Å². The van der Waals surface area contributed by atoms with Gasteiger partial charge in [0, 0.05) is 18.5 Å². The van der Waals surface area contributed by atoms with E-state index in [1.54, 1.807) is 50.6 Å². The van der Waals surface area contributed by atoms with Gasteiger partial charge in [-0.05, 0) is 36.4 Å². The molecule has 2 aliphatic heterocycles. The lowest BCUT2D eigenvalue weighted by Gasteiger charge is -2.48. The molecule has 2 aromatic carbocycles. The zero-order chi connectivity index (χ0) is 23.3. The van der Waals surface area contributed by atoms with Gasteiger partial charge in [-0.2, -0.15) is 0 Å². The zero-order valence-corrected chi connectivity index (χ0v) is 19.2. The molecule has 1 fully saturated rings. The predicted molar refractivity (Wildman–Crippen MR) is 120 cm³/mol. The number of rotatable bonds is 5. The van der Waals surface area contributed by atoms with Crippen LogP contribution in [0.15, 0.2) is 36.4 Å². The number of anilines is 1. The molecule has 2 aromatic rings. The number of carbonyl (C=O) groups is 2. The Balaban J connectivity index is 2.13. The number of fused-ring (bicyclic) bond motifs is 1. The van der Waals surface area contributed by atoms with Crippen molar-refractivity contribution in [1.82, 2.24) is 5.32 Å². The van der Waals surface area contributed by atoms with Crippen LogP contribution in [0.1, 0.15) is 17.5 Å². The normalized spacial score (nSPS) is 28.8. The highest BCUT2D eigenvalue weighted by molar-refractivity contribution is 6.31. The van der Waals surface area contributed by atoms with E-state index >= 15 is 0 Å². The van der Waals surface area contributed by atoms with E-state index in [4.69, 9.17) is 21.1 Å². The molecule has 0 radical (unpaired) electrons. The number of amides is 2. The molecule has 32 heavy (non-hydrogen) atoms. The Kier molecular flexibility index (Phi) is 5.56. The summed E-state index contributed by atoms with van der Waals surface area (Å²) in [6.07, 6.45) is -0.556. The Morgan fingerprint density at radius 2 is 1.97 bits per heavy atom. The summed E-state index contributed by atoms with van der Waals surface area (Å²) in [7, 11) is 6.45. The summed E-state index contributed by atoms with van der Waals surface area (Å²) in [4.78, 5) is 27.0. The van der Waals surface area contributed by atoms with Gasteiger partial charge >= 0.3 is 0 Å². The van der Waals surface area contributed by atoms with Crippen LogP contribution in [0.5, 0.6) is 11.5 Å². The summed E-state index contributed by atoms with van der Waals surface area (Å²) in [5.74, 6) is 0.414. The highest BCUT2D eigenvalue weighted by Gasteiger charge is 2.69. The fourth-order valence-corrected chi connectivity index (χ4v) is 5.61. The van der Waals surface area contributed by atoms with Crippen LogP contribution in [0, 0.1) is 0 Å². The number of methoxy groups -OCH3 is 2. The van der Waals surface area contributed by atoms with Crippen LogP contribution in [-0.2, 0) is 15.1 Å². The molecule has 0 aliphatic carbocycles. The first-order valence-corrected chi connectivity index (χ1v) is 10.7. The maximum atomic E-state index is 14.0. The summed E-state index contributed by atoms with van der Waals surface area (Å²) < 4.78 is 11.1. The number of aliphatic hydroxyl groups excluding tert-OH is 1. The number of hydrogen-bond acceptors (Lipinski definition) is 5. The van der Waals surface area contributed by atoms with Crippen LogP contribution in [0.25, 0.3) is 0 Å². The van der Waals surface area contributed by atoms with Gasteiger partial charge in [0.1, 0.15) is 24.1 Å². The smallest absolute Gasteiger partial charge is 0.295 e. The molecule has 0 bridgehead atoms. The van der Waals surface area contributed by atoms with E-state index in [1.165, 1.54) is 7.11 Å². The van der Waals surface area contributed by atoms with Crippen LogP contribution in [0.3, 0.4) is 0 Å². The number of carbonyl (C=O) groups excluding carboxylic acids is 2. The van der Waals surface area contributed by atoms with Crippen LogP contribution in [0.4, 0.5) is 5.69 Å². The van der Waals surface area contributed by atoms with Crippen LogP contribution in [0.2, 0.25) is 5.02 Å². The summed E-state index contributed by atoms with van der Waals surface area (Å²) in [6, 6.07) is 9.73. The van der Waals surface area contributed by atoms with Gasteiger partial charge in [-0.3, -0.25) is 14.1 Å². The first-order valence-electron chi connectivity index (χ1n) is 10.3. The summed E-state index contributed by atoms with van der Waals surface area (Å²) in [5, 5.41) is 16.8. The maximum absolute atomic E-state index is 14.0. The molecule has 0 saturated carbocycles. The quantitative estimate of drug-likeness (QED) is 0.592. The highest BCUT2D eigenvalue weighted by atomic mass is 35.5. The third kappa shape index (κ3) is 2.97. The van der Waals surface area contributed by atoms with Gasteiger partial charge in [0.15, 0.2) is 6.04 Å². The number of likely N-dealkylation sites (tertiary alicyclic amines) is 1. The van der Waals surface area contributed by atoms with Gasteiger partial charge in [0.25, 0.3) is 11.8 Å². The van der Waals surface area contributed by atoms with Gasteiger partial charge in [0.05, 0.1) is 38.1 Å². The van der Waals surface area contributed by atoms with Crippen molar-refractivity contribution in [2.75, 3.05) is 40.2 Å². The van der Waals surface area contributed by atoms with Gasteiger partial charge in [-0.25, -0.2) is 0 Å². The van der Waals surface area contributed by atoms with E-state index in [-0.39, 0.29) is 29.3 Å². The Morgan fingerprint density at radius 1 is 1.22 bits per heavy atom. The molecule has 0 spiro atoms. The zero-order valence-electron chi connectivity index (χ0n) is 18.4. The van der Waals surface area contributed by atoms with Crippen molar-refractivity contribution in [2.45, 2.75) is 24.1 Å². The molecule has 2 unspecified atom stereocenters. The lowest BCUT2D eigenvalue weighted by atomic mass is 9.78. The van der Waals surface area contributed by atoms with Crippen molar-refractivity contribution in [3.05, 3.63) is 52.5 Å². The number of nitrogens with zero attached hydrogens (tertiary/aromatic N) is 1. The fourth-order valence-electron chi connectivity index (χ4n) is 5.44. The molecule has 1 saturated heterocycles. The number of ether oxygens (including phenoxy) is 2. The fraction of sp³-hybridized carbons (Fsp3) is 0.391. The number of benzene rings is 2. The third-order valence-corrected chi connectivity index (χ3v) is 7.07. The van der Waals surface area contributed by atoms with Crippen LogP contribution >= 0.6 is 11.6 Å². The van der Waals surface area contributed by atoms with E-state index in [0.717, 1.165) is 0 Å². The second-order valence-corrected chi connectivity index (χ2v) is 8.83. The molecule has 2 heterocycles. The van der Waals surface area contributed by atoms with E-state index in [9.17, 15) is 14.7 Å². The van der Waals surface area contributed by atoms with Gasteiger partial charge in [0.2, 0.25) is 5.54 Å². The highest BCUT2D eigenvalue weighted by Crippen LogP contribution is 2.55. The van der Waals surface area contributed by atoms with Gasteiger partial charge in [-0.15, -0.1) is 0 Å². The summed E-state index contributed by atoms with van der Waals surface area (Å²) >= 11 is 6.39. The number of hydrogen-bond donors (Lipinski definition) is 3. The second-order valence-electron chi connectivity index (χ2n) is 8.39. The number of nitrogens with one attached hydrogen (secondary N) is 2. The average Bonchev–Trinajstić information content (AvgIpc) is 3.25. The lowest BCUT2D eigenvalue weighted by Crippen LogP contribution is -2.68. The Bertz CT molecular complexity index is 1090. The minimum absolute atomic E-state index is 0.0868. The molecule has 4 rings (SSSR count). The van der Waals surface area contributed by atoms with Crippen molar-refractivity contribution in [1.29, 1.82) is 0 Å². The number of aliphatic hydroxyl groups is 1. The van der Waals surface area contributed by atoms with Gasteiger partial charge in [-0.1, -0.05) is 11.6 Å². The molecular weight excluding hydrogens is 434 g/mol. The van der Waals surface area contributed by atoms with Gasteiger partial charge < -0.3 is 25.2 Å². The molecule has 2 amide bonds. The van der Waals surface area contributed by atoms with Crippen molar-refractivity contribution < 1.29 is 28.7 Å². The molecule has 170 valence electrons. The summed E-state index contributed by atoms with van der Waals surface area (Å²) in [6.45, 7) is 0.178. The van der Waals surface area contributed by atoms with Crippen molar-refractivity contribution in [2.24, 2.45) is 0 Å². The van der Waals surface area contributed by atoms with Crippen molar-refractivity contribution in [3.63, 3.8) is 0 Å². The minimum Gasteiger partial charge on any atom is -0.497 e. The molecule has 4 atom stereocenters. The topological polar surface area (TPSA) is 96.9 Å². The standard InChI is InChI=1S/C23H26ClN3O5/c1-25-21(29)19-10-14(28)12-27(19,2)23(17-11-15(31-3)6-8-20(17)32-4)16-9-13(24)5-7-18(16)26-22(23)30/h5-9,11,14,19,28H,10,12H2,1-4H3,(H-,25,26,29,30)/p+1/t14-,19+,23?,27?/m1/s1. The van der Waals surface area contributed by atoms with E-state index < -0.39 is 17.7 Å². The minimum atomic E-state index is -1.42. The molecule has 9 heteroatoms. The molecule has 3 N–H and O–H groups in total. The predicted octanol–water partition coefficient (Wildman–Crippen LogP) is 1.88. The number of quaternary nitrogens is 1. The molecule has 0 aromatic heterocycles. The van der Waals surface area contributed by atoms with E-state index in [2.05, 4.69) is 10.6 Å². The number of likely N-dealkylation sites (N-methyl/N-ethyl adjacent to an activating group) is 2. The van der Waals surface area contributed by atoms with Crippen LogP contribution < -0.4 is 20.1 Å². The number of halogens is 1.